The number of aromatic nitrogens is 3. The Bertz CT molecular complexity index is 3160. The molecule has 11 aromatic rings. The van der Waals surface area contributed by atoms with Gasteiger partial charge in [0.25, 0.3) is 0 Å². The number of nitrogens with zero attached hydrogens (tertiary/aromatic N) is 3. The summed E-state index contributed by atoms with van der Waals surface area (Å²) in [4.78, 5) is 15.2. The van der Waals surface area contributed by atoms with Crippen LogP contribution < -0.4 is 0 Å². The maximum Gasteiger partial charge on any atom is 0.167 e. The number of benzene rings is 7. The first-order valence-electron chi connectivity index (χ1n) is 16.9. The molecule has 4 heterocycles. The van der Waals surface area contributed by atoms with E-state index >= 15 is 0 Å². The number of furan rings is 2. The van der Waals surface area contributed by atoms with Gasteiger partial charge in [-0.05, 0) is 48.0 Å². The van der Waals surface area contributed by atoms with Gasteiger partial charge in [0.2, 0.25) is 0 Å². The van der Waals surface area contributed by atoms with Gasteiger partial charge < -0.3 is 8.83 Å². The van der Waals surface area contributed by atoms with Crippen LogP contribution in [0.4, 0.5) is 0 Å². The molecule has 0 N–H and O–H groups in total. The van der Waals surface area contributed by atoms with Gasteiger partial charge in [-0.1, -0.05) is 109 Å². The fourth-order valence-corrected chi connectivity index (χ4v) is 8.65. The topological polar surface area (TPSA) is 65.0 Å². The van der Waals surface area contributed by atoms with Crippen LogP contribution in [0, 0.1) is 0 Å². The van der Waals surface area contributed by atoms with Crippen molar-refractivity contribution in [3.63, 3.8) is 0 Å². The van der Waals surface area contributed by atoms with Crippen molar-refractivity contribution in [1.82, 2.24) is 15.0 Å². The number of hydrogen-bond acceptors (Lipinski definition) is 6. The molecule has 6 heteroatoms. The average molecular weight is 672 g/mol. The lowest BCUT2D eigenvalue weighted by molar-refractivity contribution is 0.669. The van der Waals surface area contributed by atoms with Gasteiger partial charge >= 0.3 is 0 Å². The molecule has 0 saturated heterocycles. The fraction of sp³-hybridized carbons (Fsp3) is 0. The second kappa shape index (κ2) is 10.9. The molecular formula is C45H25N3O2S. The minimum absolute atomic E-state index is 0.554. The van der Waals surface area contributed by atoms with Gasteiger partial charge in [0.15, 0.2) is 17.5 Å². The van der Waals surface area contributed by atoms with Crippen LogP contribution in [-0.4, -0.2) is 15.0 Å². The molecule has 238 valence electrons. The molecule has 0 bridgehead atoms. The van der Waals surface area contributed by atoms with E-state index < -0.39 is 0 Å². The minimum atomic E-state index is 0.554. The molecule has 0 unspecified atom stereocenters. The molecule has 0 aliphatic heterocycles. The van der Waals surface area contributed by atoms with E-state index in [1.807, 2.05) is 90.2 Å². The molecule has 0 spiro atoms. The van der Waals surface area contributed by atoms with Crippen molar-refractivity contribution in [1.29, 1.82) is 0 Å². The first-order chi connectivity index (χ1) is 25.3. The van der Waals surface area contributed by atoms with Crippen LogP contribution in [-0.2, 0) is 0 Å². The van der Waals surface area contributed by atoms with Crippen LogP contribution >= 0.6 is 11.3 Å². The van der Waals surface area contributed by atoms with E-state index in [9.17, 15) is 0 Å². The molecule has 0 aliphatic carbocycles. The molecule has 7 aromatic carbocycles. The molecule has 0 atom stereocenters. The Labute approximate surface area is 295 Å². The second-order valence-electron chi connectivity index (χ2n) is 12.7. The van der Waals surface area contributed by atoms with Crippen LogP contribution in [0.2, 0.25) is 0 Å². The maximum absolute atomic E-state index is 6.48. The van der Waals surface area contributed by atoms with Gasteiger partial charge in [-0.3, -0.25) is 0 Å². The third-order valence-electron chi connectivity index (χ3n) is 9.76. The van der Waals surface area contributed by atoms with E-state index in [0.717, 1.165) is 66.1 Å². The van der Waals surface area contributed by atoms with Gasteiger partial charge in [-0.25, -0.2) is 15.0 Å². The lowest BCUT2D eigenvalue weighted by Crippen LogP contribution is -2.00. The van der Waals surface area contributed by atoms with E-state index in [2.05, 4.69) is 72.8 Å². The molecule has 0 amide bonds. The number of rotatable bonds is 4. The van der Waals surface area contributed by atoms with Crippen LogP contribution in [0.1, 0.15) is 0 Å². The van der Waals surface area contributed by atoms with Crippen molar-refractivity contribution in [2.75, 3.05) is 0 Å². The van der Waals surface area contributed by atoms with Gasteiger partial charge in [-0.15, -0.1) is 11.3 Å². The quantitative estimate of drug-likeness (QED) is 0.186. The smallest absolute Gasteiger partial charge is 0.167 e. The molecule has 0 fully saturated rings. The molecule has 51 heavy (non-hydrogen) atoms. The van der Waals surface area contributed by atoms with Crippen LogP contribution in [0.25, 0.3) is 109 Å². The average Bonchev–Trinajstić information content (AvgIpc) is 3.89. The third-order valence-corrected chi connectivity index (χ3v) is 11.0. The highest BCUT2D eigenvalue weighted by atomic mass is 32.1. The van der Waals surface area contributed by atoms with Crippen molar-refractivity contribution in [3.8, 4) is 45.3 Å². The van der Waals surface area contributed by atoms with Gasteiger partial charge in [0.05, 0.1) is 5.56 Å². The molecule has 0 aliphatic rings. The summed E-state index contributed by atoms with van der Waals surface area (Å²) in [6.45, 7) is 0. The summed E-state index contributed by atoms with van der Waals surface area (Å²) < 4.78 is 15.4. The third kappa shape index (κ3) is 4.37. The molecule has 11 rings (SSSR count). The van der Waals surface area contributed by atoms with Crippen molar-refractivity contribution in [2.24, 2.45) is 0 Å². The first kappa shape index (κ1) is 28.2. The number of thiophene rings is 1. The van der Waals surface area contributed by atoms with E-state index in [4.69, 9.17) is 23.8 Å². The van der Waals surface area contributed by atoms with Gasteiger partial charge in [-0.2, -0.15) is 0 Å². The van der Waals surface area contributed by atoms with Crippen LogP contribution in [0.5, 0.6) is 0 Å². The highest BCUT2D eigenvalue weighted by Crippen LogP contribution is 2.44. The monoisotopic (exact) mass is 671 g/mol. The Balaban J connectivity index is 1.14. The number of hydrogen-bond donors (Lipinski definition) is 0. The Morgan fingerprint density at radius 3 is 1.94 bits per heavy atom. The van der Waals surface area contributed by atoms with Crippen molar-refractivity contribution in [2.45, 2.75) is 0 Å². The Kier molecular flexibility index (Phi) is 6.05. The SMILES string of the molecule is c1ccc(-c2nc(-c3ccc4oc5cccc(-c6cccc7c6sc6ccccc67)c5c4c3)nc(-c3cccc4c3oc3ccccc34)n2)cc1. The summed E-state index contributed by atoms with van der Waals surface area (Å²) in [6, 6.07) is 52.1. The zero-order valence-electron chi connectivity index (χ0n) is 27.0. The largest absolute Gasteiger partial charge is 0.456 e. The Morgan fingerprint density at radius 1 is 0.392 bits per heavy atom. The van der Waals surface area contributed by atoms with E-state index in [-0.39, 0.29) is 0 Å². The maximum atomic E-state index is 6.48. The summed E-state index contributed by atoms with van der Waals surface area (Å²) in [6.07, 6.45) is 0. The highest BCUT2D eigenvalue weighted by molar-refractivity contribution is 7.26. The zero-order chi connectivity index (χ0) is 33.5. The summed E-state index contributed by atoms with van der Waals surface area (Å²) in [7, 11) is 0. The Hall–Kier alpha value is -6.63. The van der Waals surface area contributed by atoms with Crippen molar-refractivity contribution in [3.05, 3.63) is 152 Å². The van der Waals surface area contributed by atoms with Crippen LogP contribution in [0.3, 0.4) is 0 Å². The molecule has 5 nitrogen and oxygen atoms in total. The van der Waals surface area contributed by atoms with Gasteiger partial charge in [0, 0.05) is 58.4 Å². The zero-order valence-corrected chi connectivity index (χ0v) is 27.8. The number of para-hydroxylation sites is 2. The predicted octanol–water partition coefficient (Wildman–Crippen LogP) is 12.7. The minimum Gasteiger partial charge on any atom is -0.456 e. The fourth-order valence-electron chi connectivity index (χ4n) is 7.41. The van der Waals surface area contributed by atoms with Crippen LogP contribution in [0.15, 0.2) is 160 Å². The normalized spacial score (nSPS) is 11.9. The highest BCUT2D eigenvalue weighted by Gasteiger charge is 2.20. The van der Waals surface area contributed by atoms with Crippen molar-refractivity contribution >= 4 is 75.4 Å². The second-order valence-corrected chi connectivity index (χ2v) is 13.8. The lowest BCUT2D eigenvalue weighted by atomic mass is 9.97. The summed E-state index contributed by atoms with van der Waals surface area (Å²) in [5, 5.41) is 6.72. The van der Waals surface area contributed by atoms with E-state index in [1.165, 1.54) is 25.7 Å². The van der Waals surface area contributed by atoms with E-state index in [1.54, 1.807) is 0 Å². The van der Waals surface area contributed by atoms with Crippen molar-refractivity contribution < 1.29 is 8.83 Å². The first-order valence-corrected chi connectivity index (χ1v) is 17.7. The van der Waals surface area contributed by atoms with E-state index in [0.29, 0.717) is 17.5 Å². The predicted molar refractivity (Wildman–Crippen MR) is 209 cm³/mol. The summed E-state index contributed by atoms with van der Waals surface area (Å²) >= 11 is 1.84. The van der Waals surface area contributed by atoms with Gasteiger partial charge in [0.1, 0.15) is 22.3 Å². The number of fused-ring (bicyclic) bond motifs is 9. The summed E-state index contributed by atoms with van der Waals surface area (Å²) in [5.74, 6) is 1.73. The molecular weight excluding hydrogens is 647 g/mol. The lowest BCUT2D eigenvalue weighted by Gasteiger charge is -2.09. The molecule has 0 radical (unpaired) electrons. The molecule has 4 aromatic heterocycles. The summed E-state index contributed by atoms with van der Waals surface area (Å²) in [5.41, 5.74) is 8.18. The molecule has 0 saturated carbocycles. The standard InChI is InChI=1S/C45H25N3O2S/c1-2-11-26(12-3-1)43-46-44(48-45(47-43)34-19-8-16-31-28-13-4-6-20-36(28)50-41(31)34)27-23-24-37-35(25-27)40-30(15-10-21-38(40)49-37)33-18-9-17-32-29-14-5-7-22-39(29)51-42(32)33/h1-25H. The Morgan fingerprint density at radius 2 is 1.04 bits per heavy atom.